The molecular formula is C15H12N2O2. The number of aromatic amines is 1. The van der Waals surface area contributed by atoms with Gasteiger partial charge in [0.25, 0.3) is 0 Å². The van der Waals surface area contributed by atoms with Crippen LogP contribution in [0.1, 0.15) is 5.56 Å². The molecule has 0 spiro atoms. The Balaban J connectivity index is 1.92. The topological polar surface area (TPSA) is 47.1 Å². The van der Waals surface area contributed by atoms with Gasteiger partial charge in [-0.3, -0.25) is 5.10 Å². The standard InChI is InChI=1S/C15H12N2O2/c1-9-2-4-12-11(6-9)15(17-16-12)10-3-5-13-14(7-10)19-8-18-13/h2-7H,8H2,1H3,(H,16,17). The number of hydrogen-bond acceptors (Lipinski definition) is 3. The van der Waals surface area contributed by atoms with E-state index in [-0.39, 0.29) is 0 Å². The van der Waals surface area contributed by atoms with Gasteiger partial charge < -0.3 is 9.47 Å². The van der Waals surface area contributed by atoms with Gasteiger partial charge in [-0.2, -0.15) is 5.10 Å². The number of ether oxygens (including phenoxy) is 2. The molecule has 0 amide bonds. The molecule has 4 rings (SSSR count). The second-order valence-electron chi connectivity index (χ2n) is 4.69. The lowest BCUT2D eigenvalue weighted by atomic mass is 10.1. The minimum Gasteiger partial charge on any atom is -0.454 e. The van der Waals surface area contributed by atoms with Crippen molar-refractivity contribution in [1.82, 2.24) is 10.2 Å². The molecule has 0 bridgehead atoms. The normalized spacial score (nSPS) is 13.1. The van der Waals surface area contributed by atoms with Crippen LogP contribution in [0.3, 0.4) is 0 Å². The SMILES string of the molecule is Cc1ccc2n[nH]c(-c3ccc4c(c3)OCO4)c2c1. The Labute approximate surface area is 110 Å². The zero-order valence-electron chi connectivity index (χ0n) is 10.4. The van der Waals surface area contributed by atoms with Crippen LogP contribution in [0.5, 0.6) is 11.5 Å². The molecule has 94 valence electrons. The molecule has 19 heavy (non-hydrogen) atoms. The highest BCUT2D eigenvalue weighted by atomic mass is 16.7. The van der Waals surface area contributed by atoms with E-state index in [0.717, 1.165) is 33.7 Å². The number of aromatic nitrogens is 2. The Morgan fingerprint density at radius 2 is 1.95 bits per heavy atom. The zero-order valence-corrected chi connectivity index (χ0v) is 10.4. The fraction of sp³-hybridized carbons (Fsp3) is 0.133. The van der Waals surface area contributed by atoms with E-state index in [4.69, 9.17) is 9.47 Å². The highest BCUT2D eigenvalue weighted by Crippen LogP contribution is 2.37. The predicted octanol–water partition coefficient (Wildman–Crippen LogP) is 3.27. The van der Waals surface area contributed by atoms with Crippen molar-refractivity contribution in [3.05, 3.63) is 42.0 Å². The van der Waals surface area contributed by atoms with Crippen molar-refractivity contribution < 1.29 is 9.47 Å². The number of aryl methyl sites for hydroxylation is 1. The van der Waals surface area contributed by atoms with E-state index in [9.17, 15) is 0 Å². The lowest BCUT2D eigenvalue weighted by Gasteiger charge is -2.02. The Morgan fingerprint density at radius 3 is 2.89 bits per heavy atom. The van der Waals surface area contributed by atoms with E-state index in [1.807, 2.05) is 24.3 Å². The number of rotatable bonds is 1. The second kappa shape index (κ2) is 3.75. The predicted molar refractivity (Wildman–Crippen MR) is 72.4 cm³/mol. The van der Waals surface area contributed by atoms with E-state index in [2.05, 4.69) is 29.3 Å². The molecular weight excluding hydrogens is 240 g/mol. The number of H-pyrrole nitrogens is 1. The molecule has 1 aliphatic heterocycles. The molecule has 0 atom stereocenters. The van der Waals surface area contributed by atoms with Gasteiger partial charge >= 0.3 is 0 Å². The van der Waals surface area contributed by atoms with Gasteiger partial charge in [-0.1, -0.05) is 11.6 Å². The van der Waals surface area contributed by atoms with Crippen LogP contribution in [-0.2, 0) is 0 Å². The summed E-state index contributed by atoms with van der Waals surface area (Å²) >= 11 is 0. The zero-order chi connectivity index (χ0) is 12.8. The summed E-state index contributed by atoms with van der Waals surface area (Å²) in [5, 5.41) is 8.56. The molecule has 0 fully saturated rings. The van der Waals surface area contributed by atoms with Crippen molar-refractivity contribution in [3.63, 3.8) is 0 Å². The summed E-state index contributed by atoms with van der Waals surface area (Å²) < 4.78 is 10.7. The average molecular weight is 252 g/mol. The summed E-state index contributed by atoms with van der Waals surface area (Å²) in [5.41, 5.74) is 4.25. The lowest BCUT2D eigenvalue weighted by Crippen LogP contribution is -1.92. The summed E-state index contributed by atoms with van der Waals surface area (Å²) in [5.74, 6) is 1.58. The summed E-state index contributed by atoms with van der Waals surface area (Å²) in [7, 11) is 0. The van der Waals surface area contributed by atoms with Crippen LogP contribution in [0.15, 0.2) is 36.4 Å². The molecule has 2 aromatic carbocycles. The van der Waals surface area contributed by atoms with Crippen LogP contribution in [-0.4, -0.2) is 17.0 Å². The molecule has 1 N–H and O–H groups in total. The first kappa shape index (κ1) is 10.4. The van der Waals surface area contributed by atoms with Gasteiger partial charge in [0.05, 0.1) is 11.2 Å². The molecule has 1 aliphatic rings. The number of nitrogens with zero attached hydrogens (tertiary/aromatic N) is 1. The average Bonchev–Trinajstić information content (AvgIpc) is 3.03. The molecule has 4 nitrogen and oxygen atoms in total. The van der Waals surface area contributed by atoms with Gasteiger partial charge in [0.1, 0.15) is 0 Å². The third-order valence-corrected chi connectivity index (χ3v) is 3.37. The Morgan fingerprint density at radius 1 is 1.05 bits per heavy atom. The molecule has 0 radical (unpaired) electrons. The van der Waals surface area contributed by atoms with E-state index in [1.165, 1.54) is 5.56 Å². The minimum absolute atomic E-state index is 0.293. The number of benzene rings is 2. The lowest BCUT2D eigenvalue weighted by molar-refractivity contribution is 0.174. The largest absolute Gasteiger partial charge is 0.454 e. The van der Waals surface area contributed by atoms with Crippen LogP contribution >= 0.6 is 0 Å². The first-order valence-electron chi connectivity index (χ1n) is 6.16. The smallest absolute Gasteiger partial charge is 0.231 e. The summed E-state index contributed by atoms with van der Waals surface area (Å²) in [6.07, 6.45) is 0. The Hall–Kier alpha value is -2.49. The number of hydrogen-bond donors (Lipinski definition) is 1. The first-order chi connectivity index (χ1) is 9.31. The maximum Gasteiger partial charge on any atom is 0.231 e. The van der Waals surface area contributed by atoms with E-state index < -0.39 is 0 Å². The summed E-state index contributed by atoms with van der Waals surface area (Å²) in [6.45, 7) is 2.37. The van der Waals surface area contributed by atoms with Crippen LogP contribution in [0, 0.1) is 6.92 Å². The Kier molecular flexibility index (Phi) is 2.06. The van der Waals surface area contributed by atoms with Gasteiger partial charge in [-0.15, -0.1) is 0 Å². The molecule has 0 saturated carbocycles. The Bertz CT molecular complexity index is 777. The molecule has 0 unspecified atom stereocenters. The van der Waals surface area contributed by atoms with Crippen molar-refractivity contribution in [2.75, 3.05) is 6.79 Å². The van der Waals surface area contributed by atoms with Gasteiger partial charge in [0.15, 0.2) is 11.5 Å². The van der Waals surface area contributed by atoms with E-state index in [1.54, 1.807) is 0 Å². The van der Waals surface area contributed by atoms with Crippen molar-refractivity contribution >= 4 is 10.9 Å². The monoisotopic (exact) mass is 252 g/mol. The molecule has 0 aliphatic carbocycles. The van der Waals surface area contributed by atoms with E-state index in [0.29, 0.717) is 6.79 Å². The van der Waals surface area contributed by atoms with Crippen LogP contribution in [0.2, 0.25) is 0 Å². The first-order valence-corrected chi connectivity index (χ1v) is 6.16. The molecule has 0 saturated heterocycles. The molecule has 1 aromatic heterocycles. The van der Waals surface area contributed by atoms with Crippen LogP contribution in [0.4, 0.5) is 0 Å². The fourth-order valence-electron chi connectivity index (χ4n) is 2.40. The molecule has 2 heterocycles. The quantitative estimate of drug-likeness (QED) is 0.723. The van der Waals surface area contributed by atoms with Gasteiger partial charge in [0, 0.05) is 10.9 Å². The molecule has 4 heteroatoms. The minimum atomic E-state index is 0.293. The van der Waals surface area contributed by atoms with Crippen molar-refractivity contribution in [1.29, 1.82) is 0 Å². The van der Waals surface area contributed by atoms with Gasteiger partial charge in [-0.05, 0) is 37.3 Å². The highest BCUT2D eigenvalue weighted by molar-refractivity contribution is 5.93. The van der Waals surface area contributed by atoms with Crippen molar-refractivity contribution in [3.8, 4) is 22.8 Å². The highest BCUT2D eigenvalue weighted by Gasteiger charge is 2.15. The number of nitrogens with one attached hydrogen (secondary N) is 1. The number of fused-ring (bicyclic) bond motifs is 2. The van der Waals surface area contributed by atoms with Crippen LogP contribution in [0.25, 0.3) is 22.2 Å². The molecule has 3 aromatic rings. The third-order valence-electron chi connectivity index (χ3n) is 3.37. The van der Waals surface area contributed by atoms with Gasteiger partial charge in [-0.25, -0.2) is 0 Å². The van der Waals surface area contributed by atoms with E-state index >= 15 is 0 Å². The summed E-state index contributed by atoms with van der Waals surface area (Å²) in [6, 6.07) is 12.2. The third kappa shape index (κ3) is 1.57. The maximum absolute atomic E-state index is 5.42. The van der Waals surface area contributed by atoms with Crippen molar-refractivity contribution in [2.45, 2.75) is 6.92 Å². The summed E-state index contributed by atoms with van der Waals surface area (Å²) in [4.78, 5) is 0. The maximum atomic E-state index is 5.42. The van der Waals surface area contributed by atoms with Gasteiger partial charge in [0.2, 0.25) is 6.79 Å². The fourth-order valence-corrected chi connectivity index (χ4v) is 2.40. The second-order valence-corrected chi connectivity index (χ2v) is 4.69. The van der Waals surface area contributed by atoms with Crippen molar-refractivity contribution in [2.24, 2.45) is 0 Å². The van der Waals surface area contributed by atoms with Crippen LogP contribution < -0.4 is 9.47 Å².